The second kappa shape index (κ2) is 9.53. The van der Waals surface area contributed by atoms with Gasteiger partial charge in [-0.1, -0.05) is 69.7 Å². The van der Waals surface area contributed by atoms with Gasteiger partial charge in [0, 0.05) is 10.0 Å². The Hall–Kier alpha value is -2.19. The zero-order valence-corrected chi connectivity index (χ0v) is 19.8. The van der Waals surface area contributed by atoms with Gasteiger partial charge >= 0.3 is 0 Å². The van der Waals surface area contributed by atoms with Crippen molar-refractivity contribution in [2.45, 2.75) is 6.61 Å². The molecule has 1 aliphatic heterocycles. The van der Waals surface area contributed by atoms with Crippen LogP contribution in [0.15, 0.2) is 76.1 Å². The largest absolute Gasteiger partial charge is 0.489 e. The fourth-order valence-corrected chi connectivity index (χ4v) is 4.73. The second-order valence-corrected chi connectivity index (χ2v) is 9.55. The number of thiocarbonyl (C=S) groups is 1. The summed E-state index contributed by atoms with van der Waals surface area (Å²) in [5.74, 6) is -0.0569. The molecule has 3 aromatic rings. The molecule has 0 aromatic heterocycles. The fraction of sp³-hybridized carbons (Fsp3) is 0.0435. The number of halogens is 3. The highest BCUT2D eigenvalue weighted by Gasteiger charge is 2.33. The lowest BCUT2D eigenvalue weighted by atomic mass is 10.2. The summed E-state index contributed by atoms with van der Waals surface area (Å²) < 4.78 is 21.1. The maximum absolute atomic E-state index is 13.9. The monoisotopic (exact) mass is 533 g/mol. The van der Waals surface area contributed by atoms with Crippen molar-refractivity contribution in [3.05, 3.63) is 98.1 Å². The molecule has 0 saturated carbocycles. The van der Waals surface area contributed by atoms with Gasteiger partial charge < -0.3 is 4.74 Å². The third-order valence-corrected chi connectivity index (χ3v) is 6.66. The second-order valence-electron chi connectivity index (χ2n) is 6.55. The van der Waals surface area contributed by atoms with Crippen molar-refractivity contribution in [2.24, 2.45) is 0 Å². The van der Waals surface area contributed by atoms with Crippen LogP contribution in [0.3, 0.4) is 0 Å². The summed E-state index contributed by atoms with van der Waals surface area (Å²) in [6.45, 7) is 0.000637. The molecule has 8 heteroatoms. The standard InChI is InChI=1S/C23H14BrClFNO2S2/c24-15-7-9-16(10-8-15)27-22(28)21(31-23(27)30)12-14-3-1-4-17(11-14)29-13-18-19(25)5-2-6-20(18)26/h1-12H,13H2/b21-12+. The van der Waals surface area contributed by atoms with E-state index in [-0.39, 0.29) is 12.5 Å². The van der Waals surface area contributed by atoms with E-state index in [4.69, 9.17) is 28.6 Å². The lowest BCUT2D eigenvalue weighted by Crippen LogP contribution is -2.27. The third-order valence-electron chi connectivity index (χ3n) is 4.48. The summed E-state index contributed by atoms with van der Waals surface area (Å²) in [4.78, 5) is 15.0. The number of carbonyl (C=O) groups excluding carboxylic acids is 1. The Morgan fingerprint density at radius 3 is 2.61 bits per heavy atom. The van der Waals surface area contributed by atoms with E-state index in [9.17, 15) is 9.18 Å². The zero-order chi connectivity index (χ0) is 22.0. The van der Waals surface area contributed by atoms with Crippen molar-refractivity contribution in [1.82, 2.24) is 0 Å². The van der Waals surface area contributed by atoms with E-state index in [0.29, 0.717) is 31.2 Å². The maximum Gasteiger partial charge on any atom is 0.270 e. The topological polar surface area (TPSA) is 29.5 Å². The first-order valence-electron chi connectivity index (χ1n) is 9.11. The molecule has 1 saturated heterocycles. The molecule has 0 radical (unpaired) electrons. The van der Waals surface area contributed by atoms with Gasteiger partial charge in [-0.05, 0) is 60.2 Å². The third kappa shape index (κ3) is 5.01. The van der Waals surface area contributed by atoms with Crippen LogP contribution in [0.1, 0.15) is 11.1 Å². The van der Waals surface area contributed by atoms with Gasteiger partial charge in [0.1, 0.15) is 18.2 Å². The van der Waals surface area contributed by atoms with Crippen LogP contribution in [-0.4, -0.2) is 10.2 Å². The van der Waals surface area contributed by atoms with E-state index < -0.39 is 5.82 Å². The number of amides is 1. The average molecular weight is 535 g/mol. The molecule has 0 N–H and O–H groups in total. The summed E-state index contributed by atoms with van der Waals surface area (Å²) in [5.41, 5.74) is 1.78. The molecule has 3 aromatic carbocycles. The van der Waals surface area contributed by atoms with Crippen molar-refractivity contribution in [2.75, 3.05) is 4.90 Å². The first kappa shape index (κ1) is 22.0. The molecule has 0 bridgehead atoms. The number of benzene rings is 3. The minimum Gasteiger partial charge on any atom is -0.489 e. The molecule has 0 spiro atoms. The summed E-state index contributed by atoms with van der Waals surface area (Å²) in [6, 6.07) is 19.1. The Balaban J connectivity index is 1.52. The van der Waals surface area contributed by atoms with Gasteiger partial charge in [-0.3, -0.25) is 9.69 Å². The molecule has 3 nitrogen and oxygen atoms in total. The fourth-order valence-electron chi connectivity index (χ4n) is 2.95. The number of hydrogen-bond donors (Lipinski definition) is 0. The molecule has 31 heavy (non-hydrogen) atoms. The highest BCUT2D eigenvalue weighted by atomic mass is 79.9. The van der Waals surface area contributed by atoms with Gasteiger partial charge in [0.05, 0.1) is 15.6 Å². The Morgan fingerprint density at radius 2 is 1.87 bits per heavy atom. The van der Waals surface area contributed by atoms with E-state index in [1.165, 1.54) is 22.7 Å². The van der Waals surface area contributed by atoms with Gasteiger partial charge in [0.15, 0.2) is 4.32 Å². The summed E-state index contributed by atoms with van der Waals surface area (Å²) in [5, 5.41) is 0.313. The summed E-state index contributed by atoms with van der Waals surface area (Å²) in [6.07, 6.45) is 1.76. The van der Waals surface area contributed by atoms with Gasteiger partial charge in [-0.25, -0.2) is 4.39 Å². The highest BCUT2D eigenvalue weighted by molar-refractivity contribution is 9.10. The Morgan fingerprint density at radius 1 is 1.13 bits per heavy atom. The van der Waals surface area contributed by atoms with Crippen LogP contribution in [0.2, 0.25) is 5.02 Å². The molecule has 0 atom stereocenters. The number of rotatable bonds is 5. The zero-order valence-electron chi connectivity index (χ0n) is 15.8. The Kier molecular flexibility index (Phi) is 6.77. The predicted octanol–water partition coefficient (Wildman–Crippen LogP) is 7.23. The van der Waals surface area contributed by atoms with E-state index in [1.807, 2.05) is 30.3 Å². The van der Waals surface area contributed by atoms with Crippen LogP contribution in [-0.2, 0) is 11.4 Å². The number of carbonyl (C=O) groups is 1. The molecule has 4 rings (SSSR count). The van der Waals surface area contributed by atoms with Crippen molar-refractivity contribution < 1.29 is 13.9 Å². The normalized spacial score (nSPS) is 15.1. The van der Waals surface area contributed by atoms with Gasteiger partial charge in [-0.2, -0.15) is 0 Å². The molecule has 1 heterocycles. The summed E-state index contributed by atoms with van der Waals surface area (Å²) >= 11 is 16.1. The van der Waals surface area contributed by atoms with Gasteiger partial charge in [-0.15, -0.1) is 0 Å². The van der Waals surface area contributed by atoms with Crippen molar-refractivity contribution in [3.63, 3.8) is 0 Å². The lowest BCUT2D eigenvalue weighted by molar-refractivity contribution is -0.113. The van der Waals surface area contributed by atoms with E-state index in [1.54, 1.807) is 36.4 Å². The molecular weight excluding hydrogens is 521 g/mol. The first-order valence-corrected chi connectivity index (χ1v) is 11.5. The smallest absolute Gasteiger partial charge is 0.270 e. The number of anilines is 1. The van der Waals surface area contributed by atoms with E-state index >= 15 is 0 Å². The highest BCUT2D eigenvalue weighted by Crippen LogP contribution is 2.36. The van der Waals surface area contributed by atoms with Crippen molar-refractivity contribution in [1.29, 1.82) is 0 Å². The molecular formula is C23H14BrClFNO2S2. The lowest BCUT2D eigenvalue weighted by Gasteiger charge is -2.14. The summed E-state index contributed by atoms with van der Waals surface area (Å²) in [7, 11) is 0. The minimum atomic E-state index is -0.416. The van der Waals surface area contributed by atoms with Crippen LogP contribution in [0, 0.1) is 5.82 Å². The van der Waals surface area contributed by atoms with Crippen molar-refractivity contribution in [3.8, 4) is 5.75 Å². The van der Waals surface area contributed by atoms with E-state index in [0.717, 1.165) is 10.0 Å². The molecule has 156 valence electrons. The van der Waals surface area contributed by atoms with Crippen LogP contribution in [0.4, 0.5) is 10.1 Å². The Bertz CT molecular complexity index is 1180. The number of ether oxygens (including phenoxy) is 1. The number of thioether (sulfide) groups is 1. The first-order chi connectivity index (χ1) is 14.9. The molecule has 1 fully saturated rings. The van der Waals surface area contributed by atoms with Crippen LogP contribution in [0.5, 0.6) is 5.75 Å². The molecule has 1 amide bonds. The molecule has 1 aliphatic rings. The average Bonchev–Trinajstić information content (AvgIpc) is 3.02. The predicted molar refractivity (Wildman–Crippen MR) is 132 cm³/mol. The minimum absolute atomic E-state index is 0.000637. The number of hydrogen-bond acceptors (Lipinski definition) is 4. The maximum atomic E-state index is 13.9. The quantitative estimate of drug-likeness (QED) is 0.255. The SMILES string of the molecule is O=C1/C(=C\c2cccc(OCc3c(F)cccc3Cl)c2)SC(=S)N1c1ccc(Br)cc1. The van der Waals surface area contributed by atoms with Gasteiger partial charge in [0.2, 0.25) is 0 Å². The van der Waals surface area contributed by atoms with Crippen molar-refractivity contribution >= 4 is 73.5 Å². The Labute approximate surface area is 202 Å². The van der Waals surface area contributed by atoms with E-state index in [2.05, 4.69) is 15.9 Å². The molecule has 0 aliphatic carbocycles. The number of nitrogens with zero attached hydrogens (tertiary/aromatic N) is 1. The van der Waals surface area contributed by atoms with Gasteiger partial charge in [0.25, 0.3) is 5.91 Å². The van der Waals surface area contributed by atoms with Crippen LogP contribution >= 0.6 is 51.5 Å². The molecule has 0 unspecified atom stereocenters. The van der Waals surface area contributed by atoms with Crippen LogP contribution < -0.4 is 9.64 Å². The van der Waals surface area contributed by atoms with Crippen LogP contribution in [0.25, 0.3) is 6.08 Å².